The van der Waals surface area contributed by atoms with Gasteiger partial charge in [0.05, 0.1) is 25.4 Å². The van der Waals surface area contributed by atoms with E-state index in [0.29, 0.717) is 22.0 Å². The number of carboxylic acids is 1. The number of aromatic amines is 1. The molecule has 17 N–H and O–H groups in total. The van der Waals surface area contributed by atoms with Gasteiger partial charge in [-0.15, -0.1) is 0 Å². The number of rotatable bonds is 34. The highest BCUT2D eigenvalue weighted by atomic mass is 32.3. The second kappa shape index (κ2) is 31.7. The Balaban J connectivity index is 1.40. The number of primary amides is 2. The van der Waals surface area contributed by atoms with E-state index >= 15 is 0 Å². The number of carbonyl (C=O) groups is 10. The van der Waals surface area contributed by atoms with Crippen LogP contribution in [0.15, 0.2) is 109 Å². The lowest BCUT2D eigenvalue weighted by molar-refractivity contribution is -0.141. The van der Waals surface area contributed by atoms with Crippen LogP contribution in [0, 0.1) is 0 Å². The van der Waals surface area contributed by atoms with Crippen LogP contribution in [0.3, 0.4) is 0 Å². The smallest absolute Gasteiger partial charge is 0.446 e. The summed E-state index contributed by atoms with van der Waals surface area (Å²) in [6.07, 6.45) is 0.427. The van der Waals surface area contributed by atoms with Crippen molar-refractivity contribution >= 4 is 103 Å². The molecule has 0 saturated carbocycles. The summed E-state index contributed by atoms with van der Waals surface area (Å²) >= 11 is 1.27. The van der Waals surface area contributed by atoms with E-state index in [4.69, 9.17) is 21.8 Å². The Morgan fingerprint density at radius 3 is 1.53 bits per heavy atom. The van der Waals surface area contributed by atoms with Gasteiger partial charge < -0.3 is 72.9 Å². The Bertz CT molecular complexity index is 3480. The SMILES string of the molecule is CSCC[C@H](NC(=O)[C@H](Cc1c[nH]c2ccccc12)NC(=O)CNC(=O)[C@H](Cc1ccc(OS(=O)(=O)O)cc1)NC(=O)[C@H](Cc1ccc(OS(=O)(=O)O)cc1)NC(=O)[C@@H](N)CC(N)=O)C(=O)N[C@@H](CC(=O)O)C(=O)N[C@@H](Cc1ccccc1)C(N)=O. The Morgan fingerprint density at radius 2 is 1.00 bits per heavy atom. The fourth-order valence-corrected chi connectivity index (χ4v) is 9.58. The van der Waals surface area contributed by atoms with Gasteiger partial charge in [0.2, 0.25) is 53.2 Å². The molecule has 0 bridgehead atoms. The summed E-state index contributed by atoms with van der Waals surface area (Å²) in [4.78, 5) is 137. The van der Waals surface area contributed by atoms with Gasteiger partial charge >= 0.3 is 26.8 Å². The van der Waals surface area contributed by atoms with Crippen LogP contribution in [-0.2, 0) is 94.4 Å². The molecule has 4 aromatic carbocycles. The number of carbonyl (C=O) groups excluding carboxylic acids is 9. The number of nitrogens with two attached hydrogens (primary N) is 3. The normalized spacial score (nSPS) is 13.8. The van der Waals surface area contributed by atoms with Crippen LogP contribution in [0.4, 0.5) is 0 Å². The van der Waals surface area contributed by atoms with Gasteiger partial charge in [-0.3, -0.25) is 57.1 Å². The first-order valence-corrected chi connectivity index (χ1v) is 29.9. The molecule has 1 heterocycles. The maximum atomic E-state index is 14.5. The molecule has 30 nitrogen and oxygen atoms in total. The molecule has 0 radical (unpaired) electrons. The van der Waals surface area contributed by atoms with E-state index in [9.17, 15) is 74.4 Å². The van der Waals surface area contributed by atoms with Crippen molar-refractivity contribution in [1.82, 2.24) is 42.2 Å². The number of H-pyrrole nitrogens is 1. The number of benzene rings is 4. The van der Waals surface area contributed by atoms with Gasteiger partial charge in [0.1, 0.15) is 47.8 Å². The number of nitrogens with one attached hydrogen (secondary N) is 8. The summed E-state index contributed by atoms with van der Waals surface area (Å²) < 4.78 is 72.5. The molecule has 9 amide bonds. The van der Waals surface area contributed by atoms with Crippen molar-refractivity contribution in [2.24, 2.45) is 17.2 Å². The van der Waals surface area contributed by atoms with Crippen LogP contribution in [0.1, 0.15) is 41.5 Å². The summed E-state index contributed by atoms with van der Waals surface area (Å²) in [5.74, 6) is -11.1. The van der Waals surface area contributed by atoms with Crippen LogP contribution in [0.2, 0.25) is 0 Å². The number of aromatic nitrogens is 1. The van der Waals surface area contributed by atoms with Crippen LogP contribution < -0.4 is 62.8 Å². The lowest BCUT2D eigenvalue weighted by atomic mass is 10.0. The molecule has 462 valence electrons. The maximum absolute atomic E-state index is 14.5. The van der Waals surface area contributed by atoms with E-state index in [2.05, 4.69) is 50.6 Å². The van der Waals surface area contributed by atoms with Gasteiger partial charge in [-0.05, 0) is 71.0 Å². The van der Waals surface area contributed by atoms with Crippen LogP contribution >= 0.6 is 11.8 Å². The molecule has 0 fully saturated rings. The molecule has 0 aliphatic heterocycles. The lowest BCUT2D eigenvalue weighted by Gasteiger charge is -2.26. The monoisotopic (exact) mass is 1250 g/mol. The van der Waals surface area contributed by atoms with Gasteiger partial charge in [0.15, 0.2) is 0 Å². The fourth-order valence-electron chi connectivity index (χ4n) is 8.40. The first-order valence-electron chi connectivity index (χ1n) is 25.8. The minimum absolute atomic E-state index is 0.0678. The fraction of sp³-hybridized carbons (Fsp3) is 0.321. The average Bonchev–Trinajstić information content (AvgIpc) is 2.73. The molecule has 33 heteroatoms. The number of hydrogen-bond donors (Lipinski definition) is 14. The molecule has 7 atom stereocenters. The molecule has 86 heavy (non-hydrogen) atoms. The molecule has 0 unspecified atom stereocenters. The van der Waals surface area contributed by atoms with Crippen molar-refractivity contribution in [1.29, 1.82) is 0 Å². The molecule has 5 aromatic rings. The molecular formula is C53H63N11O19S3. The summed E-state index contributed by atoms with van der Waals surface area (Å²) in [5, 5.41) is 27.5. The zero-order valence-corrected chi connectivity index (χ0v) is 48.1. The van der Waals surface area contributed by atoms with Crippen molar-refractivity contribution in [2.75, 3.05) is 18.6 Å². The van der Waals surface area contributed by atoms with Crippen molar-refractivity contribution in [3.8, 4) is 11.5 Å². The van der Waals surface area contributed by atoms with Gasteiger partial charge in [-0.25, -0.2) is 0 Å². The molecule has 0 saturated heterocycles. The molecule has 0 spiro atoms. The van der Waals surface area contributed by atoms with E-state index in [1.807, 2.05) is 0 Å². The number of para-hydroxylation sites is 1. The summed E-state index contributed by atoms with van der Waals surface area (Å²) in [5.41, 5.74) is 18.9. The van der Waals surface area contributed by atoms with Gasteiger partial charge in [-0.1, -0.05) is 72.8 Å². The molecule has 1 aromatic heterocycles. The third-order valence-corrected chi connectivity index (χ3v) is 14.0. The Labute approximate surface area is 496 Å². The van der Waals surface area contributed by atoms with Crippen molar-refractivity contribution in [3.63, 3.8) is 0 Å². The zero-order valence-electron chi connectivity index (χ0n) is 45.6. The lowest BCUT2D eigenvalue weighted by Crippen LogP contribution is -2.59. The average molecular weight is 1250 g/mol. The van der Waals surface area contributed by atoms with Gasteiger partial charge in [-0.2, -0.15) is 28.6 Å². The number of thioether (sulfide) groups is 1. The Hall–Kier alpha value is -9.15. The standard InChI is InChI=1S/C53H63N11O19S3/c1-84-20-19-38(50(72)64-43(26-46(67)68)53(75)61-39(47(56)69)21-29-7-3-2-4-8-29)60-52(74)42(24-32-27-57-37-10-6-5-9-35(32)37)59-45(66)28-58-49(71)40(22-30-11-15-33(16-12-30)82-85(76,77)78)63-51(73)41(62-48(70)36(54)25-44(55)65)23-31-13-17-34(18-14-31)83-86(79,80)81/h2-18,27,36,38-43,57H,19-26,28,54H2,1H3,(H2,55,65)(H2,56,69)(H,58,71)(H,59,66)(H,60,74)(H,61,75)(H,62,70)(H,63,73)(H,64,72)(H,67,68)(H,76,77,78)(H,79,80,81)/t36-,38-,39-,40-,41-,42-,43-/m0/s1. The van der Waals surface area contributed by atoms with Crippen molar-refractivity contribution in [2.45, 2.75) is 87.2 Å². The third kappa shape index (κ3) is 22.8. The second-order valence-corrected chi connectivity index (χ2v) is 22.2. The highest BCUT2D eigenvalue weighted by molar-refractivity contribution is 7.98. The minimum atomic E-state index is -4.97. The van der Waals surface area contributed by atoms with Crippen LogP contribution in [0.25, 0.3) is 10.9 Å². The van der Waals surface area contributed by atoms with E-state index in [0.717, 1.165) is 24.3 Å². The van der Waals surface area contributed by atoms with E-state index in [1.165, 1.54) is 36.0 Å². The molecular weight excluding hydrogens is 1190 g/mol. The summed E-state index contributed by atoms with van der Waals surface area (Å²) in [6, 6.07) is 13.8. The number of aliphatic carboxylic acids is 1. The van der Waals surface area contributed by atoms with E-state index < -0.39 is 154 Å². The van der Waals surface area contributed by atoms with Crippen LogP contribution in [0.5, 0.6) is 11.5 Å². The van der Waals surface area contributed by atoms with Gasteiger partial charge in [0, 0.05) is 42.8 Å². The molecule has 0 aliphatic rings. The highest BCUT2D eigenvalue weighted by Gasteiger charge is 2.34. The highest BCUT2D eigenvalue weighted by Crippen LogP contribution is 2.21. The second-order valence-electron chi connectivity index (χ2n) is 19.2. The predicted molar refractivity (Wildman–Crippen MR) is 308 cm³/mol. The summed E-state index contributed by atoms with van der Waals surface area (Å²) in [7, 11) is -9.90. The quantitative estimate of drug-likeness (QED) is 0.0193. The van der Waals surface area contributed by atoms with Crippen LogP contribution in [-0.4, -0.2) is 156 Å². The maximum Gasteiger partial charge on any atom is 0.446 e. The largest absolute Gasteiger partial charge is 0.481 e. The number of fused-ring (bicyclic) bond motifs is 1. The Kier molecular flexibility index (Phi) is 24.9. The number of carboxylic acid groups (broad SMARTS) is 1. The van der Waals surface area contributed by atoms with Crippen molar-refractivity contribution < 1.29 is 87.4 Å². The summed E-state index contributed by atoms with van der Waals surface area (Å²) in [6.45, 7) is -0.900. The van der Waals surface area contributed by atoms with Gasteiger partial charge in [0.25, 0.3) is 0 Å². The number of amides is 9. The minimum Gasteiger partial charge on any atom is -0.481 e. The topological polar surface area (TPSA) is 496 Å². The molecule has 0 aliphatic carbocycles. The van der Waals surface area contributed by atoms with E-state index in [-0.39, 0.29) is 47.6 Å². The van der Waals surface area contributed by atoms with E-state index in [1.54, 1.807) is 67.0 Å². The third-order valence-electron chi connectivity index (χ3n) is 12.5. The number of hydrogen-bond acceptors (Lipinski definition) is 18. The first kappa shape index (κ1) is 67.6. The van der Waals surface area contributed by atoms with Crippen molar-refractivity contribution in [3.05, 3.63) is 132 Å². The predicted octanol–water partition coefficient (Wildman–Crippen LogP) is -2.26. The first-order chi connectivity index (χ1) is 40.6. The Morgan fingerprint density at radius 1 is 0.547 bits per heavy atom. The molecule has 5 rings (SSSR count). The zero-order chi connectivity index (χ0) is 63.3.